The van der Waals surface area contributed by atoms with E-state index in [0.717, 1.165) is 11.1 Å². The molecule has 5 nitrogen and oxygen atoms in total. The zero-order chi connectivity index (χ0) is 24.6. The quantitative estimate of drug-likeness (QED) is 0.211. The third-order valence-electron chi connectivity index (χ3n) is 5.81. The molecule has 1 aromatic rings. The smallest absolute Gasteiger partial charge is 0.337 e. The average molecular weight is 450 g/mol. The standard InChI is InChI=1S/C28H35NO4/c1-19(12-14-23-21(3)11-8-16-28(23,4)5)9-7-10-20(2)17-26(31)29-24-15-13-22(18-25(24)30)27(32)33-6/h7,9-10,12-15,17-18,30H,8,11,16H2,1-6H3,(H,29,31)/b10-7+,14-12+,19-9+,20-17+. The molecule has 0 radical (unpaired) electrons. The highest BCUT2D eigenvalue weighted by molar-refractivity contribution is 6.01. The molecule has 0 spiro atoms. The summed E-state index contributed by atoms with van der Waals surface area (Å²) >= 11 is 0. The molecule has 5 heteroatoms. The Morgan fingerprint density at radius 2 is 1.88 bits per heavy atom. The summed E-state index contributed by atoms with van der Waals surface area (Å²) in [6.45, 7) is 10.7. The first kappa shape index (κ1) is 25.9. The molecular weight excluding hydrogens is 414 g/mol. The summed E-state index contributed by atoms with van der Waals surface area (Å²) in [5.41, 5.74) is 5.44. The minimum absolute atomic E-state index is 0.204. The van der Waals surface area contributed by atoms with E-state index in [9.17, 15) is 14.7 Å². The number of amides is 1. The van der Waals surface area contributed by atoms with E-state index in [4.69, 9.17) is 0 Å². The summed E-state index contributed by atoms with van der Waals surface area (Å²) in [5.74, 6) is -1.14. The average Bonchev–Trinajstić information content (AvgIpc) is 2.73. The molecule has 0 aromatic heterocycles. The van der Waals surface area contributed by atoms with Crippen LogP contribution in [0.5, 0.6) is 5.75 Å². The number of phenolic OH excluding ortho intramolecular Hbond substituents is 1. The number of esters is 1. The van der Waals surface area contributed by atoms with E-state index in [2.05, 4.69) is 49.9 Å². The van der Waals surface area contributed by atoms with Crippen LogP contribution in [-0.4, -0.2) is 24.1 Å². The number of phenols is 1. The maximum absolute atomic E-state index is 12.3. The Morgan fingerprint density at radius 1 is 1.15 bits per heavy atom. The van der Waals surface area contributed by atoms with Crippen LogP contribution in [-0.2, 0) is 9.53 Å². The van der Waals surface area contributed by atoms with Crippen LogP contribution in [0.25, 0.3) is 0 Å². The maximum Gasteiger partial charge on any atom is 0.337 e. The summed E-state index contributed by atoms with van der Waals surface area (Å²) in [7, 11) is 1.26. The molecule has 0 unspecified atom stereocenters. The minimum atomic E-state index is -0.559. The first-order valence-corrected chi connectivity index (χ1v) is 11.2. The Morgan fingerprint density at radius 3 is 2.52 bits per heavy atom. The number of allylic oxidation sites excluding steroid dienone is 9. The van der Waals surface area contributed by atoms with Crippen LogP contribution in [0.1, 0.15) is 64.2 Å². The molecule has 0 aliphatic heterocycles. The predicted octanol–water partition coefficient (Wildman–Crippen LogP) is 6.65. The topological polar surface area (TPSA) is 75.6 Å². The largest absolute Gasteiger partial charge is 0.506 e. The maximum atomic E-state index is 12.3. The van der Waals surface area contributed by atoms with Crippen molar-refractivity contribution in [3.8, 4) is 5.75 Å². The van der Waals surface area contributed by atoms with Gasteiger partial charge in [0, 0.05) is 6.08 Å². The number of benzene rings is 1. The second kappa shape index (κ2) is 11.5. The minimum Gasteiger partial charge on any atom is -0.506 e. The van der Waals surface area contributed by atoms with E-state index in [1.165, 1.54) is 61.8 Å². The Bertz CT molecular complexity index is 1050. The normalized spacial score (nSPS) is 17.0. The number of carbonyl (C=O) groups excluding carboxylic acids is 2. The number of carbonyl (C=O) groups is 2. The molecule has 0 atom stereocenters. The summed E-state index contributed by atoms with van der Waals surface area (Å²) in [6, 6.07) is 4.19. The van der Waals surface area contributed by atoms with Crippen molar-refractivity contribution in [3.05, 3.63) is 82.5 Å². The van der Waals surface area contributed by atoms with Gasteiger partial charge in [-0.05, 0) is 74.8 Å². The van der Waals surface area contributed by atoms with Crippen LogP contribution in [0.4, 0.5) is 5.69 Å². The lowest BCUT2D eigenvalue weighted by molar-refractivity contribution is -0.112. The van der Waals surface area contributed by atoms with E-state index in [1.54, 1.807) is 0 Å². The van der Waals surface area contributed by atoms with Crippen molar-refractivity contribution in [3.63, 3.8) is 0 Å². The molecule has 0 saturated carbocycles. The number of methoxy groups -OCH3 is 1. The fourth-order valence-electron chi connectivity index (χ4n) is 3.94. The van der Waals surface area contributed by atoms with Gasteiger partial charge in [0.2, 0.25) is 5.91 Å². The molecular formula is C28H35NO4. The second-order valence-corrected chi connectivity index (χ2v) is 9.14. The molecule has 176 valence electrons. The lowest BCUT2D eigenvalue weighted by Crippen LogP contribution is -2.19. The summed E-state index contributed by atoms with van der Waals surface area (Å²) in [5, 5.41) is 12.6. The van der Waals surface area contributed by atoms with Gasteiger partial charge in [0.1, 0.15) is 5.75 Å². The van der Waals surface area contributed by atoms with Gasteiger partial charge in [-0.25, -0.2) is 4.79 Å². The van der Waals surface area contributed by atoms with Gasteiger partial charge in [-0.3, -0.25) is 4.79 Å². The van der Waals surface area contributed by atoms with Crippen molar-refractivity contribution >= 4 is 17.6 Å². The lowest BCUT2D eigenvalue weighted by Gasteiger charge is -2.32. The van der Waals surface area contributed by atoms with Gasteiger partial charge in [-0.15, -0.1) is 0 Å². The van der Waals surface area contributed by atoms with E-state index >= 15 is 0 Å². The Kier molecular flexibility index (Phi) is 9.03. The molecule has 2 rings (SSSR count). The van der Waals surface area contributed by atoms with E-state index in [-0.39, 0.29) is 28.3 Å². The SMILES string of the molecule is COC(=O)c1ccc(NC(=O)/C=C(C)/C=C/C=C(C)/C=C/C2=C(C)CCCC2(C)C)c(O)c1. The molecule has 0 fully saturated rings. The van der Waals surface area contributed by atoms with Crippen LogP contribution in [0, 0.1) is 5.41 Å². The Labute approximate surface area is 197 Å². The van der Waals surface area contributed by atoms with Crippen molar-refractivity contribution in [2.24, 2.45) is 5.41 Å². The number of anilines is 1. The number of rotatable bonds is 7. The zero-order valence-electron chi connectivity index (χ0n) is 20.5. The summed E-state index contributed by atoms with van der Waals surface area (Å²) < 4.78 is 4.61. The number of hydrogen-bond donors (Lipinski definition) is 2. The van der Waals surface area contributed by atoms with Crippen LogP contribution in [0.2, 0.25) is 0 Å². The van der Waals surface area contributed by atoms with E-state index in [0.29, 0.717) is 0 Å². The molecule has 1 aliphatic carbocycles. The van der Waals surface area contributed by atoms with Crippen molar-refractivity contribution in [1.82, 2.24) is 0 Å². The first-order valence-electron chi connectivity index (χ1n) is 11.2. The fourth-order valence-corrected chi connectivity index (χ4v) is 3.94. The van der Waals surface area contributed by atoms with Gasteiger partial charge in [0.25, 0.3) is 0 Å². The fraction of sp³-hybridized carbons (Fsp3) is 0.357. The second-order valence-electron chi connectivity index (χ2n) is 9.14. The Hall–Kier alpha value is -3.34. The van der Waals surface area contributed by atoms with E-state index < -0.39 is 5.97 Å². The van der Waals surface area contributed by atoms with Gasteiger partial charge >= 0.3 is 5.97 Å². The molecule has 1 aromatic carbocycles. The number of nitrogens with one attached hydrogen (secondary N) is 1. The highest BCUT2D eigenvalue weighted by Gasteiger charge is 2.26. The van der Waals surface area contributed by atoms with Crippen molar-refractivity contribution in [2.75, 3.05) is 12.4 Å². The number of aromatic hydroxyl groups is 1. The summed E-state index contributed by atoms with van der Waals surface area (Å²) in [6.07, 6.45) is 15.2. The highest BCUT2D eigenvalue weighted by Crippen LogP contribution is 2.40. The van der Waals surface area contributed by atoms with Gasteiger partial charge in [-0.1, -0.05) is 55.4 Å². The molecule has 2 N–H and O–H groups in total. The monoisotopic (exact) mass is 449 g/mol. The van der Waals surface area contributed by atoms with Gasteiger partial charge in [-0.2, -0.15) is 0 Å². The van der Waals surface area contributed by atoms with Crippen molar-refractivity contribution in [1.29, 1.82) is 0 Å². The van der Waals surface area contributed by atoms with Crippen LogP contribution in [0.15, 0.2) is 76.9 Å². The Balaban J connectivity index is 1.99. The molecule has 33 heavy (non-hydrogen) atoms. The molecule has 0 heterocycles. The van der Waals surface area contributed by atoms with Crippen LogP contribution in [0.3, 0.4) is 0 Å². The zero-order valence-corrected chi connectivity index (χ0v) is 20.5. The third-order valence-corrected chi connectivity index (χ3v) is 5.81. The van der Waals surface area contributed by atoms with Crippen LogP contribution < -0.4 is 5.32 Å². The molecule has 0 saturated heterocycles. The molecule has 1 amide bonds. The molecule has 1 aliphatic rings. The third kappa shape index (κ3) is 7.63. The number of hydrogen-bond acceptors (Lipinski definition) is 4. The highest BCUT2D eigenvalue weighted by atomic mass is 16.5. The summed E-state index contributed by atoms with van der Waals surface area (Å²) in [4.78, 5) is 23.8. The van der Waals surface area contributed by atoms with E-state index in [1.807, 2.05) is 25.2 Å². The van der Waals surface area contributed by atoms with Crippen molar-refractivity contribution < 1.29 is 19.4 Å². The molecule has 0 bridgehead atoms. The predicted molar refractivity (Wildman–Crippen MR) is 134 cm³/mol. The number of ether oxygens (including phenoxy) is 1. The van der Waals surface area contributed by atoms with Crippen LogP contribution >= 0.6 is 0 Å². The van der Waals surface area contributed by atoms with Gasteiger partial charge in [0.05, 0.1) is 18.4 Å². The van der Waals surface area contributed by atoms with Gasteiger partial charge in [0.15, 0.2) is 0 Å². The van der Waals surface area contributed by atoms with Gasteiger partial charge < -0.3 is 15.2 Å². The van der Waals surface area contributed by atoms with Crippen molar-refractivity contribution in [2.45, 2.75) is 53.9 Å². The lowest BCUT2D eigenvalue weighted by atomic mass is 9.72. The first-order chi connectivity index (χ1) is 15.5.